The first-order valence-electron chi connectivity index (χ1n) is 4.67. The average Bonchev–Trinajstić information content (AvgIpc) is 2.79. The van der Waals surface area contributed by atoms with Crippen LogP contribution in [-0.4, -0.2) is 15.0 Å². The van der Waals surface area contributed by atoms with E-state index in [0.717, 1.165) is 23.1 Å². The summed E-state index contributed by atoms with van der Waals surface area (Å²) < 4.78 is 5.33. The third-order valence-electron chi connectivity index (χ3n) is 1.96. The molecule has 0 aliphatic rings. The summed E-state index contributed by atoms with van der Waals surface area (Å²) in [5.74, 6) is 0.520. The number of thiazole rings is 1. The van der Waals surface area contributed by atoms with Crippen LogP contribution in [-0.2, 0) is 6.61 Å². The lowest BCUT2D eigenvalue weighted by atomic mass is 10.2. The van der Waals surface area contributed by atoms with Gasteiger partial charge in [-0.1, -0.05) is 12.1 Å². The number of benzene rings is 1. The van der Waals surface area contributed by atoms with Crippen LogP contribution in [0.15, 0.2) is 30.5 Å². The van der Waals surface area contributed by atoms with E-state index in [-0.39, 0.29) is 16.8 Å². The van der Waals surface area contributed by atoms with Gasteiger partial charge in [-0.2, -0.15) is 0 Å². The standard InChI is InChI=1S/C10H8N2O4S/c13-6-7-1-3-8(4-2-7)16-10-11-5-9(17-10)12(14)15/h1-5,13H,6H2. The first-order valence-corrected chi connectivity index (χ1v) is 5.48. The molecule has 0 atom stereocenters. The molecule has 0 spiro atoms. The number of aliphatic hydroxyl groups is 1. The van der Waals surface area contributed by atoms with Gasteiger partial charge in [0.25, 0.3) is 5.19 Å². The van der Waals surface area contributed by atoms with E-state index >= 15 is 0 Å². The van der Waals surface area contributed by atoms with Gasteiger partial charge in [-0.15, -0.1) is 0 Å². The fourth-order valence-electron chi connectivity index (χ4n) is 1.15. The van der Waals surface area contributed by atoms with Crippen molar-refractivity contribution >= 4 is 16.3 Å². The molecule has 7 heteroatoms. The molecule has 1 aromatic carbocycles. The third-order valence-corrected chi connectivity index (χ3v) is 2.79. The van der Waals surface area contributed by atoms with E-state index in [2.05, 4.69) is 4.98 Å². The highest BCUT2D eigenvalue weighted by Crippen LogP contribution is 2.30. The zero-order chi connectivity index (χ0) is 12.3. The normalized spacial score (nSPS) is 10.2. The van der Waals surface area contributed by atoms with Gasteiger partial charge in [0.05, 0.1) is 11.5 Å². The van der Waals surface area contributed by atoms with E-state index in [1.807, 2.05) is 0 Å². The Hall–Kier alpha value is -1.99. The first-order chi connectivity index (χ1) is 8.19. The highest BCUT2D eigenvalue weighted by Gasteiger charge is 2.12. The zero-order valence-electron chi connectivity index (χ0n) is 8.57. The minimum Gasteiger partial charge on any atom is -0.431 e. The molecule has 2 aromatic rings. The van der Waals surface area contributed by atoms with Crippen molar-refractivity contribution in [3.8, 4) is 10.9 Å². The molecule has 1 N–H and O–H groups in total. The summed E-state index contributed by atoms with van der Waals surface area (Å²) in [5.41, 5.74) is 0.766. The van der Waals surface area contributed by atoms with Gasteiger partial charge in [-0.05, 0) is 29.0 Å². The lowest BCUT2D eigenvalue weighted by Gasteiger charge is -2.01. The molecule has 0 bridgehead atoms. The maximum Gasteiger partial charge on any atom is 0.347 e. The Balaban J connectivity index is 2.11. The Morgan fingerprint density at radius 1 is 1.41 bits per heavy atom. The minimum atomic E-state index is -0.514. The number of hydrogen-bond acceptors (Lipinski definition) is 6. The smallest absolute Gasteiger partial charge is 0.347 e. The molecule has 17 heavy (non-hydrogen) atoms. The molecule has 88 valence electrons. The molecule has 0 saturated heterocycles. The summed E-state index contributed by atoms with van der Waals surface area (Å²) in [6.07, 6.45) is 1.15. The predicted molar refractivity (Wildman–Crippen MR) is 61.2 cm³/mol. The maximum absolute atomic E-state index is 10.4. The van der Waals surface area contributed by atoms with Crippen LogP contribution in [0.3, 0.4) is 0 Å². The second-order valence-electron chi connectivity index (χ2n) is 3.13. The van der Waals surface area contributed by atoms with Crippen LogP contribution in [0.5, 0.6) is 10.9 Å². The van der Waals surface area contributed by atoms with Crippen molar-refractivity contribution in [2.75, 3.05) is 0 Å². The molecule has 0 saturated carbocycles. The van der Waals surface area contributed by atoms with Crippen LogP contribution in [0.25, 0.3) is 0 Å². The van der Waals surface area contributed by atoms with Gasteiger partial charge >= 0.3 is 5.00 Å². The summed E-state index contributed by atoms with van der Waals surface area (Å²) in [5, 5.41) is 19.5. The van der Waals surface area contributed by atoms with Crippen molar-refractivity contribution < 1.29 is 14.8 Å². The van der Waals surface area contributed by atoms with Crippen LogP contribution in [0, 0.1) is 10.1 Å². The Bertz CT molecular complexity index is 523. The lowest BCUT2D eigenvalue weighted by molar-refractivity contribution is -0.380. The number of ether oxygens (including phenoxy) is 1. The van der Waals surface area contributed by atoms with Gasteiger partial charge in [0.1, 0.15) is 11.9 Å². The molecular weight excluding hydrogens is 244 g/mol. The molecule has 0 radical (unpaired) electrons. The summed E-state index contributed by atoms with van der Waals surface area (Å²) in [6.45, 7) is -0.0387. The van der Waals surface area contributed by atoms with Crippen molar-refractivity contribution in [3.05, 3.63) is 46.1 Å². The van der Waals surface area contributed by atoms with Crippen LogP contribution in [0.1, 0.15) is 5.56 Å². The second kappa shape index (κ2) is 4.89. The molecule has 6 nitrogen and oxygen atoms in total. The summed E-state index contributed by atoms with van der Waals surface area (Å²) in [4.78, 5) is 13.7. The van der Waals surface area contributed by atoms with Crippen molar-refractivity contribution in [3.63, 3.8) is 0 Å². The summed E-state index contributed by atoms with van der Waals surface area (Å²) in [7, 11) is 0. The molecule has 0 amide bonds. The van der Waals surface area contributed by atoms with E-state index < -0.39 is 4.92 Å². The Labute approximate surface area is 100 Å². The highest BCUT2D eigenvalue weighted by molar-refractivity contribution is 7.16. The molecular formula is C10H8N2O4S. The highest BCUT2D eigenvalue weighted by atomic mass is 32.1. The van der Waals surface area contributed by atoms with E-state index in [1.165, 1.54) is 0 Å². The number of aliphatic hydroxyl groups excluding tert-OH is 1. The minimum absolute atomic E-state index is 0.0387. The first kappa shape index (κ1) is 11.5. The second-order valence-corrected chi connectivity index (χ2v) is 4.10. The number of rotatable bonds is 4. The van der Waals surface area contributed by atoms with Gasteiger partial charge in [0.2, 0.25) is 0 Å². The van der Waals surface area contributed by atoms with Crippen molar-refractivity contribution in [2.24, 2.45) is 0 Å². The van der Waals surface area contributed by atoms with Crippen LogP contribution < -0.4 is 4.74 Å². The third kappa shape index (κ3) is 2.77. The molecule has 0 unspecified atom stereocenters. The Morgan fingerprint density at radius 3 is 2.65 bits per heavy atom. The SMILES string of the molecule is O=[N+]([O-])c1cnc(Oc2ccc(CO)cc2)s1. The monoisotopic (exact) mass is 252 g/mol. The fourth-order valence-corrected chi connectivity index (χ4v) is 1.75. The van der Waals surface area contributed by atoms with Gasteiger partial charge in [-0.3, -0.25) is 10.1 Å². The predicted octanol–water partition coefficient (Wildman–Crippen LogP) is 2.34. The molecule has 1 aromatic heterocycles. The van der Waals surface area contributed by atoms with Crippen molar-refractivity contribution in [2.45, 2.75) is 6.61 Å². The lowest BCUT2D eigenvalue weighted by Crippen LogP contribution is -1.85. The largest absolute Gasteiger partial charge is 0.431 e. The van der Waals surface area contributed by atoms with Gasteiger partial charge in [0, 0.05) is 0 Å². The summed E-state index contributed by atoms with van der Waals surface area (Å²) >= 11 is 0.864. The van der Waals surface area contributed by atoms with E-state index in [1.54, 1.807) is 24.3 Å². The van der Waals surface area contributed by atoms with Gasteiger partial charge < -0.3 is 9.84 Å². The molecule has 0 fully saturated rings. The van der Waals surface area contributed by atoms with E-state index in [0.29, 0.717) is 5.75 Å². The zero-order valence-corrected chi connectivity index (χ0v) is 9.38. The molecule has 2 rings (SSSR count). The molecule has 0 aliphatic carbocycles. The van der Waals surface area contributed by atoms with Crippen molar-refractivity contribution in [1.29, 1.82) is 0 Å². The number of nitro groups is 1. The van der Waals surface area contributed by atoms with E-state index in [4.69, 9.17) is 9.84 Å². The number of hydrogen-bond donors (Lipinski definition) is 1. The quantitative estimate of drug-likeness (QED) is 0.666. The topological polar surface area (TPSA) is 85.5 Å². The van der Waals surface area contributed by atoms with Crippen LogP contribution in [0.2, 0.25) is 0 Å². The summed E-state index contributed by atoms with van der Waals surface area (Å²) in [6, 6.07) is 6.74. The molecule has 1 heterocycles. The van der Waals surface area contributed by atoms with Crippen LogP contribution in [0.4, 0.5) is 5.00 Å². The number of aromatic nitrogens is 1. The Morgan fingerprint density at radius 2 is 2.12 bits per heavy atom. The fraction of sp³-hybridized carbons (Fsp3) is 0.100. The number of nitrogens with zero attached hydrogens (tertiary/aromatic N) is 2. The van der Waals surface area contributed by atoms with E-state index in [9.17, 15) is 10.1 Å². The van der Waals surface area contributed by atoms with Gasteiger partial charge in [-0.25, -0.2) is 4.98 Å². The molecule has 0 aliphatic heterocycles. The maximum atomic E-state index is 10.4. The van der Waals surface area contributed by atoms with Crippen LogP contribution >= 0.6 is 11.3 Å². The Kier molecular flexibility index (Phi) is 3.31. The average molecular weight is 252 g/mol. The van der Waals surface area contributed by atoms with Crippen molar-refractivity contribution in [1.82, 2.24) is 4.98 Å². The van der Waals surface area contributed by atoms with Gasteiger partial charge in [0.15, 0.2) is 0 Å².